The van der Waals surface area contributed by atoms with E-state index >= 15 is 0 Å². The molecule has 0 bridgehead atoms. The monoisotopic (exact) mass is 374 g/mol. The third-order valence-electron chi connectivity index (χ3n) is 3.55. The number of fused-ring (bicyclic) bond motifs is 1. The van der Waals surface area contributed by atoms with Crippen molar-refractivity contribution >= 4 is 48.5 Å². The normalized spacial score (nSPS) is 10.9. The van der Waals surface area contributed by atoms with Crippen molar-refractivity contribution in [2.24, 2.45) is 0 Å². The molecule has 1 amide bonds. The zero-order chi connectivity index (χ0) is 15.7. The van der Waals surface area contributed by atoms with Crippen LogP contribution >= 0.6 is 27.3 Å². The van der Waals surface area contributed by atoms with Gasteiger partial charge in [0.25, 0.3) is 0 Å². The molecule has 1 heterocycles. The van der Waals surface area contributed by atoms with E-state index in [0.29, 0.717) is 11.6 Å². The SMILES string of the molecule is Cc1ccc(CC(=O)Nc2nc3c(Br)cccc3s2)cc1C. The van der Waals surface area contributed by atoms with Gasteiger partial charge in [-0.15, -0.1) is 0 Å². The number of carbonyl (C=O) groups is 1. The van der Waals surface area contributed by atoms with E-state index in [9.17, 15) is 4.79 Å². The van der Waals surface area contributed by atoms with Gasteiger partial charge in [-0.25, -0.2) is 4.98 Å². The fraction of sp³-hybridized carbons (Fsp3) is 0.176. The number of benzene rings is 2. The predicted molar refractivity (Wildman–Crippen MR) is 95.6 cm³/mol. The number of nitrogens with zero attached hydrogens (tertiary/aromatic N) is 1. The second kappa shape index (κ2) is 6.18. The Morgan fingerprint density at radius 2 is 2.05 bits per heavy atom. The summed E-state index contributed by atoms with van der Waals surface area (Å²) in [5, 5.41) is 3.52. The molecule has 0 unspecified atom stereocenters. The van der Waals surface area contributed by atoms with Gasteiger partial charge in [-0.1, -0.05) is 35.6 Å². The van der Waals surface area contributed by atoms with E-state index in [4.69, 9.17) is 0 Å². The molecule has 1 N–H and O–H groups in total. The van der Waals surface area contributed by atoms with Crippen LogP contribution in [0.15, 0.2) is 40.9 Å². The molecule has 0 spiro atoms. The van der Waals surface area contributed by atoms with Gasteiger partial charge in [0.15, 0.2) is 5.13 Å². The minimum atomic E-state index is -0.0431. The first-order chi connectivity index (χ1) is 10.5. The van der Waals surface area contributed by atoms with Crippen molar-refractivity contribution in [2.75, 3.05) is 5.32 Å². The zero-order valence-electron chi connectivity index (χ0n) is 12.3. The standard InChI is InChI=1S/C17H15BrN2OS/c1-10-6-7-12(8-11(10)2)9-15(21)19-17-20-16-13(18)4-3-5-14(16)22-17/h3-8H,9H2,1-2H3,(H,19,20,21). The first-order valence-electron chi connectivity index (χ1n) is 6.94. The Kier molecular flexibility index (Phi) is 4.27. The Hall–Kier alpha value is -1.72. The molecule has 3 aromatic rings. The number of hydrogen-bond donors (Lipinski definition) is 1. The van der Waals surface area contributed by atoms with Gasteiger partial charge in [0.2, 0.25) is 5.91 Å². The van der Waals surface area contributed by atoms with Crippen LogP contribution in [0.3, 0.4) is 0 Å². The lowest BCUT2D eigenvalue weighted by Crippen LogP contribution is -2.14. The summed E-state index contributed by atoms with van der Waals surface area (Å²) in [6.07, 6.45) is 0.359. The van der Waals surface area contributed by atoms with Gasteiger partial charge in [-0.3, -0.25) is 4.79 Å². The van der Waals surface area contributed by atoms with E-state index in [1.54, 1.807) is 0 Å². The Morgan fingerprint density at radius 1 is 1.23 bits per heavy atom. The summed E-state index contributed by atoms with van der Waals surface area (Å²) in [5.74, 6) is -0.0431. The van der Waals surface area contributed by atoms with E-state index in [-0.39, 0.29) is 5.91 Å². The lowest BCUT2D eigenvalue weighted by molar-refractivity contribution is -0.115. The van der Waals surface area contributed by atoms with Crippen molar-refractivity contribution in [1.82, 2.24) is 4.98 Å². The van der Waals surface area contributed by atoms with Crippen molar-refractivity contribution < 1.29 is 4.79 Å². The van der Waals surface area contributed by atoms with Crippen molar-refractivity contribution in [3.05, 3.63) is 57.6 Å². The van der Waals surface area contributed by atoms with Gasteiger partial charge in [0.05, 0.1) is 16.6 Å². The van der Waals surface area contributed by atoms with E-state index < -0.39 is 0 Å². The second-order valence-corrected chi connectivity index (χ2v) is 7.13. The van der Waals surface area contributed by atoms with Crippen LogP contribution in [-0.4, -0.2) is 10.9 Å². The number of thiazole rings is 1. The van der Waals surface area contributed by atoms with E-state index in [0.717, 1.165) is 20.3 Å². The smallest absolute Gasteiger partial charge is 0.230 e. The summed E-state index contributed by atoms with van der Waals surface area (Å²) in [6.45, 7) is 4.12. The average molecular weight is 375 g/mol. The first-order valence-corrected chi connectivity index (χ1v) is 8.55. The Bertz CT molecular complexity index is 857. The third-order valence-corrected chi connectivity index (χ3v) is 5.13. The Labute approximate surface area is 141 Å². The molecule has 3 nitrogen and oxygen atoms in total. The number of nitrogens with one attached hydrogen (secondary N) is 1. The zero-order valence-corrected chi connectivity index (χ0v) is 14.7. The molecule has 22 heavy (non-hydrogen) atoms. The number of halogens is 1. The van der Waals surface area contributed by atoms with Crippen LogP contribution in [0.25, 0.3) is 10.2 Å². The maximum atomic E-state index is 12.2. The van der Waals surface area contributed by atoms with Crippen LogP contribution in [0.2, 0.25) is 0 Å². The number of para-hydroxylation sites is 1. The largest absolute Gasteiger partial charge is 0.302 e. The quantitative estimate of drug-likeness (QED) is 0.711. The highest BCUT2D eigenvalue weighted by atomic mass is 79.9. The van der Waals surface area contributed by atoms with Crippen LogP contribution in [-0.2, 0) is 11.2 Å². The molecule has 0 aliphatic rings. The van der Waals surface area contributed by atoms with Gasteiger partial charge in [0.1, 0.15) is 0 Å². The topological polar surface area (TPSA) is 42.0 Å². The first kappa shape index (κ1) is 15.2. The molecule has 5 heteroatoms. The van der Waals surface area contributed by atoms with Crippen molar-refractivity contribution in [3.8, 4) is 0 Å². The predicted octanol–water partition coefficient (Wildman–Crippen LogP) is 4.86. The summed E-state index contributed by atoms with van der Waals surface area (Å²) in [5.41, 5.74) is 4.34. The van der Waals surface area contributed by atoms with Gasteiger partial charge in [-0.05, 0) is 58.6 Å². The summed E-state index contributed by atoms with van der Waals surface area (Å²) >= 11 is 4.96. The average Bonchev–Trinajstić information content (AvgIpc) is 2.87. The lowest BCUT2D eigenvalue weighted by Gasteiger charge is -2.05. The molecule has 3 rings (SSSR count). The van der Waals surface area contributed by atoms with Gasteiger partial charge < -0.3 is 5.32 Å². The van der Waals surface area contributed by atoms with Gasteiger partial charge in [-0.2, -0.15) is 0 Å². The highest BCUT2D eigenvalue weighted by Gasteiger charge is 2.10. The van der Waals surface area contributed by atoms with Crippen LogP contribution in [0.1, 0.15) is 16.7 Å². The van der Waals surface area contributed by atoms with Crippen LogP contribution in [0.5, 0.6) is 0 Å². The van der Waals surface area contributed by atoms with E-state index in [1.807, 2.05) is 30.3 Å². The minimum Gasteiger partial charge on any atom is -0.302 e. The molecule has 1 aromatic heterocycles. The Morgan fingerprint density at radius 3 is 2.77 bits per heavy atom. The van der Waals surface area contributed by atoms with E-state index in [1.165, 1.54) is 22.5 Å². The summed E-state index contributed by atoms with van der Waals surface area (Å²) < 4.78 is 1.99. The molecular weight excluding hydrogens is 360 g/mol. The van der Waals surface area contributed by atoms with Crippen molar-refractivity contribution in [1.29, 1.82) is 0 Å². The minimum absolute atomic E-state index is 0.0431. The van der Waals surface area contributed by atoms with Crippen molar-refractivity contribution in [3.63, 3.8) is 0 Å². The van der Waals surface area contributed by atoms with E-state index in [2.05, 4.69) is 46.1 Å². The molecule has 0 fully saturated rings. The molecule has 112 valence electrons. The second-order valence-electron chi connectivity index (χ2n) is 5.25. The maximum absolute atomic E-state index is 12.2. The van der Waals surface area contributed by atoms with Crippen molar-refractivity contribution in [2.45, 2.75) is 20.3 Å². The maximum Gasteiger partial charge on any atom is 0.230 e. The molecule has 0 atom stereocenters. The van der Waals surface area contributed by atoms with Crippen LogP contribution in [0, 0.1) is 13.8 Å². The number of carbonyl (C=O) groups excluding carboxylic acids is 1. The number of hydrogen-bond acceptors (Lipinski definition) is 3. The number of anilines is 1. The molecule has 0 aliphatic heterocycles. The molecule has 0 saturated carbocycles. The number of rotatable bonds is 3. The fourth-order valence-corrected chi connectivity index (χ4v) is 3.73. The van der Waals surface area contributed by atoms with Gasteiger partial charge in [0, 0.05) is 4.47 Å². The summed E-state index contributed by atoms with van der Waals surface area (Å²) in [7, 11) is 0. The summed E-state index contributed by atoms with van der Waals surface area (Å²) in [4.78, 5) is 16.6. The fourth-order valence-electron chi connectivity index (χ4n) is 2.23. The number of aromatic nitrogens is 1. The summed E-state index contributed by atoms with van der Waals surface area (Å²) in [6, 6.07) is 12.0. The van der Waals surface area contributed by atoms with Gasteiger partial charge >= 0.3 is 0 Å². The highest BCUT2D eigenvalue weighted by Crippen LogP contribution is 2.30. The lowest BCUT2D eigenvalue weighted by atomic mass is 10.0. The number of aryl methyl sites for hydroxylation is 2. The Balaban J connectivity index is 1.75. The third kappa shape index (κ3) is 3.20. The number of amides is 1. The molecular formula is C17H15BrN2OS. The van der Waals surface area contributed by atoms with Crippen LogP contribution in [0.4, 0.5) is 5.13 Å². The van der Waals surface area contributed by atoms with Crippen LogP contribution < -0.4 is 5.32 Å². The molecule has 0 saturated heterocycles. The highest BCUT2D eigenvalue weighted by molar-refractivity contribution is 9.10. The molecule has 0 radical (unpaired) electrons. The molecule has 2 aromatic carbocycles. The molecule has 0 aliphatic carbocycles.